The Balaban J connectivity index is 1.28. The van der Waals surface area contributed by atoms with Gasteiger partial charge in [-0.25, -0.2) is 4.39 Å². The summed E-state index contributed by atoms with van der Waals surface area (Å²) in [7, 11) is 0. The summed E-state index contributed by atoms with van der Waals surface area (Å²) in [4.78, 5) is 29.9. The second-order valence-corrected chi connectivity index (χ2v) is 7.95. The fourth-order valence-corrected chi connectivity index (χ4v) is 3.87. The van der Waals surface area contributed by atoms with Crippen LogP contribution in [0.3, 0.4) is 0 Å². The lowest BCUT2D eigenvalue weighted by Crippen LogP contribution is -2.52. The highest BCUT2D eigenvalue weighted by Gasteiger charge is 2.58. The summed E-state index contributed by atoms with van der Waals surface area (Å²) in [6.45, 7) is 4.12. The molecule has 1 saturated carbocycles. The molecule has 1 aliphatic carbocycles. The molecule has 2 aromatic rings. The summed E-state index contributed by atoms with van der Waals surface area (Å²) in [5.74, 6) is -0.563. The summed E-state index contributed by atoms with van der Waals surface area (Å²) >= 11 is 0. The molecule has 2 aliphatic rings. The Labute approximate surface area is 170 Å². The Morgan fingerprint density at radius 3 is 2.17 bits per heavy atom. The topological polar surface area (TPSA) is 52.7 Å². The van der Waals surface area contributed by atoms with Crippen molar-refractivity contribution in [2.45, 2.75) is 25.9 Å². The van der Waals surface area contributed by atoms with Gasteiger partial charge < -0.3 is 10.2 Å². The fraction of sp³-hybridized carbons (Fsp3) is 0.391. The smallest absolute Gasteiger partial charge is 0.238 e. The quantitative estimate of drug-likeness (QED) is 0.765. The van der Waals surface area contributed by atoms with E-state index in [1.807, 2.05) is 23.1 Å². The van der Waals surface area contributed by atoms with Gasteiger partial charge in [0.1, 0.15) is 11.2 Å². The van der Waals surface area contributed by atoms with Crippen LogP contribution in [0.25, 0.3) is 0 Å². The lowest BCUT2D eigenvalue weighted by atomic mass is 10.0. The predicted molar refractivity (Wildman–Crippen MR) is 108 cm³/mol. The van der Waals surface area contributed by atoms with Crippen molar-refractivity contribution in [3.05, 3.63) is 71.5 Å². The van der Waals surface area contributed by atoms with Crippen LogP contribution in [0, 0.1) is 11.2 Å². The van der Waals surface area contributed by atoms with E-state index in [0.29, 0.717) is 32.5 Å². The SMILES string of the molecule is O=C(NCc1ccc(F)cc1)C1(C(=O)N2CCN(Cc3ccccc3)CC2)CC1. The third kappa shape index (κ3) is 4.48. The van der Waals surface area contributed by atoms with Crippen molar-refractivity contribution < 1.29 is 14.0 Å². The maximum Gasteiger partial charge on any atom is 0.238 e. The molecule has 1 N–H and O–H groups in total. The van der Waals surface area contributed by atoms with Crippen molar-refractivity contribution in [2.75, 3.05) is 26.2 Å². The normalized spacial score (nSPS) is 18.3. The van der Waals surface area contributed by atoms with E-state index in [1.165, 1.54) is 17.7 Å². The number of hydrogen-bond donors (Lipinski definition) is 1. The molecule has 6 heteroatoms. The van der Waals surface area contributed by atoms with Crippen LogP contribution >= 0.6 is 0 Å². The summed E-state index contributed by atoms with van der Waals surface area (Å²) < 4.78 is 13.0. The number of carbonyl (C=O) groups is 2. The van der Waals surface area contributed by atoms with Crippen molar-refractivity contribution in [2.24, 2.45) is 5.41 Å². The van der Waals surface area contributed by atoms with Gasteiger partial charge in [0.25, 0.3) is 0 Å². The Kier molecular flexibility index (Phi) is 5.62. The number of hydrogen-bond acceptors (Lipinski definition) is 3. The maximum absolute atomic E-state index is 13.0. The van der Waals surface area contributed by atoms with Crippen LogP contribution < -0.4 is 5.32 Å². The second kappa shape index (κ2) is 8.33. The van der Waals surface area contributed by atoms with Crippen molar-refractivity contribution in [1.29, 1.82) is 0 Å². The van der Waals surface area contributed by atoms with Crippen molar-refractivity contribution >= 4 is 11.8 Å². The molecule has 0 radical (unpaired) electrons. The van der Waals surface area contributed by atoms with Crippen LogP contribution in [-0.4, -0.2) is 47.8 Å². The van der Waals surface area contributed by atoms with Gasteiger partial charge >= 0.3 is 0 Å². The van der Waals surface area contributed by atoms with Gasteiger partial charge in [0.15, 0.2) is 0 Å². The molecule has 1 aliphatic heterocycles. The van der Waals surface area contributed by atoms with Gasteiger partial charge in [0.2, 0.25) is 11.8 Å². The van der Waals surface area contributed by atoms with Crippen LogP contribution in [0.5, 0.6) is 0 Å². The monoisotopic (exact) mass is 395 g/mol. The first kappa shape index (κ1) is 19.6. The molecule has 5 nitrogen and oxygen atoms in total. The Morgan fingerprint density at radius 2 is 1.55 bits per heavy atom. The predicted octanol–water partition coefficient (Wildman–Crippen LogP) is 2.57. The number of piperazine rings is 1. The van der Waals surface area contributed by atoms with Crippen LogP contribution in [-0.2, 0) is 22.7 Å². The van der Waals surface area contributed by atoms with Gasteiger partial charge in [0, 0.05) is 39.3 Å². The zero-order valence-corrected chi connectivity index (χ0v) is 16.4. The maximum atomic E-state index is 13.0. The van der Waals surface area contributed by atoms with Gasteiger partial charge in [-0.05, 0) is 36.1 Å². The minimum absolute atomic E-state index is 0.0477. The van der Waals surface area contributed by atoms with E-state index < -0.39 is 5.41 Å². The van der Waals surface area contributed by atoms with Crippen molar-refractivity contribution in [1.82, 2.24) is 15.1 Å². The zero-order valence-electron chi connectivity index (χ0n) is 16.4. The van der Waals surface area contributed by atoms with Crippen LogP contribution in [0.1, 0.15) is 24.0 Å². The van der Waals surface area contributed by atoms with E-state index in [-0.39, 0.29) is 17.6 Å². The number of halogens is 1. The fourth-order valence-electron chi connectivity index (χ4n) is 3.87. The van der Waals surface area contributed by atoms with Crippen molar-refractivity contribution in [3.8, 4) is 0 Å². The molecule has 0 unspecified atom stereocenters. The molecular formula is C23H26FN3O2. The first-order valence-corrected chi connectivity index (χ1v) is 10.2. The molecular weight excluding hydrogens is 369 g/mol. The van der Waals surface area contributed by atoms with Gasteiger partial charge in [-0.15, -0.1) is 0 Å². The lowest BCUT2D eigenvalue weighted by molar-refractivity contribution is -0.145. The highest BCUT2D eigenvalue weighted by atomic mass is 19.1. The minimum Gasteiger partial charge on any atom is -0.351 e. The van der Waals surface area contributed by atoms with Crippen molar-refractivity contribution in [3.63, 3.8) is 0 Å². The molecule has 0 atom stereocenters. The molecule has 0 bridgehead atoms. The molecule has 2 fully saturated rings. The molecule has 2 amide bonds. The Bertz CT molecular complexity index is 857. The first-order chi connectivity index (χ1) is 14.1. The second-order valence-electron chi connectivity index (χ2n) is 7.95. The molecule has 0 aromatic heterocycles. The average molecular weight is 395 g/mol. The average Bonchev–Trinajstić information content (AvgIpc) is 3.56. The van der Waals surface area contributed by atoms with Gasteiger partial charge in [-0.2, -0.15) is 0 Å². The number of benzene rings is 2. The van der Waals surface area contributed by atoms with Crippen LogP contribution in [0.15, 0.2) is 54.6 Å². The van der Waals surface area contributed by atoms with Gasteiger partial charge in [-0.3, -0.25) is 14.5 Å². The first-order valence-electron chi connectivity index (χ1n) is 10.2. The standard InChI is InChI=1S/C23H26FN3O2/c24-20-8-6-18(7-9-20)16-25-21(28)23(10-11-23)22(29)27-14-12-26(13-15-27)17-19-4-2-1-3-5-19/h1-9H,10-17H2,(H,25,28). The molecule has 1 saturated heterocycles. The molecule has 4 rings (SSSR count). The number of nitrogens with one attached hydrogen (secondary N) is 1. The summed E-state index contributed by atoms with van der Waals surface area (Å²) in [6, 6.07) is 16.3. The number of rotatable bonds is 6. The molecule has 152 valence electrons. The van der Waals surface area contributed by atoms with Crippen LogP contribution in [0.2, 0.25) is 0 Å². The lowest BCUT2D eigenvalue weighted by Gasteiger charge is -2.36. The van der Waals surface area contributed by atoms with E-state index >= 15 is 0 Å². The van der Waals surface area contributed by atoms with E-state index in [0.717, 1.165) is 25.2 Å². The highest BCUT2D eigenvalue weighted by molar-refractivity contribution is 6.07. The third-order valence-electron chi connectivity index (χ3n) is 5.87. The number of carbonyl (C=O) groups excluding carboxylic acids is 2. The summed E-state index contributed by atoms with van der Waals surface area (Å²) in [5.41, 5.74) is 1.19. The van der Waals surface area contributed by atoms with Gasteiger partial charge in [0.05, 0.1) is 0 Å². The van der Waals surface area contributed by atoms with E-state index in [9.17, 15) is 14.0 Å². The molecule has 2 aromatic carbocycles. The zero-order chi connectivity index (χ0) is 20.3. The third-order valence-corrected chi connectivity index (χ3v) is 5.87. The highest BCUT2D eigenvalue weighted by Crippen LogP contribution is 2.47. The van der Waals surface area contributed by atoms with Gasteiger partial charge in [-0.1, -0.05) is 42.5 Å². The number of amides is 2. The summed E-state index contributed by atoms with van der Waals surface area (Å²) in [5, 5.41) is 2.86. The molecule has 0 spiro atoms. The largest absolute Gasteiger partial charge is 0.351 e. The molecule has 29 heavy (non-hydrogen) atoms. The van der Waals surface area contributed by atoms with E-state index in [2.05, 4.69) is 22.3 Å². The number of nitrogens with zero attached hydrogens (tertiary/aromatic N) is 2. The van der Waals surface area contributed by atoms with Crippen LogP contribution in [0.4, 0.5) is 4.39 Å². The molecule has 1 heterocycles. The van der Waals surface area contributed by atoms with E-state index in [4.69, 9.17) is 0 Å². The van der Waals surface area contributed by atoms with E-state index in [1.54, 1.807) is 12.1 Å². The minimum atomic E-state index is -0.901. The Hall–Kier alpha value is -2.73. The Morgan fingerprint density at radius 1 is 0.897 bits per heavy atom. The summed E-state index contributed by atoms with van der Waals surface area (Å²) in [6.07, 6.45) is 1.20.